The fourth-order valence-corrected chi connectivity index (χ4v) is 2.83. The number of amides is 1. The van der Waals surface area contributed by atoms with Crippen molar-refractivity contribution in [2.75, 3.05) is 37.7 Å². The molecule has 0 N–H and O–H groups in total. The van der Waals surface area contributed by atoms with Gasteiger partial charge < -0.3 is 14.5 Å². The monoisotopic (exact) mass is 385 g/mol. The van der Waals surface area contributed by atoms with Crippen LogP contribution in [-0.2, 0) is 4.74 Å². The van der Waals surface area contributed by atoms with Gasteiger partial charge in [0, 0.05) is 38.4 Å². The van der Waals surface area contributed by atoms with E-state index in [1.54, 1.807) is 24.0 Å². The number of rotatable bonds is 5. The van der Waals surface area contributed by atoms with Gasteiger partial charge in [-0.1, -0.05) is 0 Å². The van der Waals surface area contributed by atoms with Gasteiger partial charge in [-0.25, -0.2) is 14.8 Å². The van der Waals surface area contributed by atoms with Gasteiger partial charge in [0.15, 0.2) is 0 Å². The number of pyridine rings is 2. The molecule has 1 saturated heterocycles. The van der Waals surface area contributed by atoms with E-state index in [1.807, 2.05) is 4.90 Å². The van der Waals surface area contributed by atoms with Crippen LogP contribution < -0.4 is 4.90 Å². The zero-order chi connectivity index (χ0) is 20.1. The zero-order valence-electron chi connectivity index (χ0n) is 15.3. The van der Waals surface area contributed by atoms with Crippen LogP contribution >= 0.6 is 0 Å². The highest BCUT2D eigenvalue weighted by Gasteiger charge is 2.24. The van der Waals surface area contributed by atoms with Crippen molar-refractivity contribution in [1.82, 2.24) is 14.9 Å². The SMILES string of the molecule is CCOC(=O)c1ccc(N2CCN(C(=O)c3ccc([N+](=O)[O-])cn3)CC2)nc1. The standard InChI is InChI=1S/C18H19N5O5/c1-2-28-18(25)13-3-6-16(20-11-13)21-7-9-22(10-8-21)17(24)15-5-4-14(12-19-15)23(26)27/h3-6,11-12H,2,7-10H2,1H3. The average molecular weight is 385 g/mol. The molecule has 1 aliphatic heterocycles. The van der Waals surface area contributed by atoms with E-state index < -0.39 is 10.9 Å². The van der Waals surface area contributed by atoms with Crippen LogP contribution in [0.25, 0.3) is 0 Å². The van der Waals surface area contributed by atoms with E-state index in [4.69, 9.17) is 4.74 Å². The first-order valence-corrected chi connectivity index (χ1v) is 8.77. The first kappa shape index (κ1) is 19.2. The number of hydrogen-bond donors (Lipinski definition) is 0. The lowest BCUT2D eigenvalue weighted by molar-refractivity contribution is -0.385. The number of hydrogen-bond acceptors (Lipinski definition) is 8. The van der Waals surface area contributed by atoms with Crippen molar-refractivity contribution in [3.05, 3.63) is 58.0 Å². The molecule has 0 spiro atoms. The van der Waals surface area contributed by atoms with Crippen LogP contribution in [0.1, 0.15) is 27.8 Å². The Morgan fingerprint density at radius 3 is 2.39 bits per heavy atom. The van der Waals surface area contributed by atoms with Crippen molar-refractivity contribution in [2.24, 2.45) is 0 Å². The molecule has 3 rings (SSSR count). The Bertz CT molecular complexity index is 861. The molecule has 0 bridgehead atoms. The maximum Gasteiger partial charge on any atom is 0.339 e. The van der Waals surface area contributed by atoms with E-state index >= 15 is 0 Å². The van der Waals surface area contributed by atoms with Gasteiger partial charge in [0.2, 0.25) is 0 Å². The molecule has 1 aliphatic rings. The van der Waals surface area contributed by atoms with Gasteiger partial charge in [0.1, 0.15) is 17.7 Å². The highest BCUT2D eigenvalue weighted by Crippen LogP contribution is 2.16. The van der Waals surface area contributed by atoms with Crippen molar-refractivity contribution in [3.8, 4) is 0 Å². The van der Waals surface area contributed by atoms with Gasteiger partial charge in [-0.15, -0.1) is 0 Å². The zero-order valence-corrected chi connectivity index (χ0v) is 15.3. The summed E-state index contributed by atoms with van der Waals surface area (Å²) in [7, 11) is 0. The summed E-state index contributed by atoms with van der Waals surface area (Å²) in [4.78, 5) is 46.2. The number of nitro groups is 1. The molecule has 0 aromatic carbocycles. The molecule has 0 atom stereocenters. The van der Waals surface area contributed by atoms with Crippen LogP contribution in [0.15, 0.2) is 36.7 Å². The number of ether oxygens (including phenoxy) is 1. The van der Waals surface area contributed by atoms with Crippen molar-refractivity contribution in [1.29, 1.82) is 0 Å². The van der Waals surface area contributed by atoms with E-state index in [0.29, 0.717) is 44.2 Å². The molecular formula is C18H19N5O5. The van der Waals surface area contributed by atoms with Crippen LogP contribution in [0.5, 0.6) is 0 Å². The van der Waals surface area contributed by atoms with Gasteiger partial charge in [0.25, 0.3) is 11.6 Å². The third kappa shape index (κ3) is 4.22. The minimum atomic E-state index is -0.555. The molecule has 28 heavy (non-hydrogen) atoms. The molecule has 3 heterocycles. The summed E-state index contributed by atoms with van der Waals surface area (Å²) >= 11 is 0. The molecular weight excluding hydrogens is 366 g/mol. The fraction of sp³-hybridized carbons (Fsp3) is 0.333. The second-order valence-corrected chi connectivity index (χ2v) is 6.06. The minimum Gasteiger partial charge on any atom is -0.462 e. The first-order chi connectivity index (χ1) is 13.5. The van der Waals surface area contributed by atoms with E-state index in [2.05, 4.69) is 9.97 Å². The Hall–Kier alpha value is -3.56. The highest BCUT2D eigenvalue weighted by atomic mass is 16.6. The quantitative estimate of drug-likeness (QED) is 0.432. The van der Waals surface area contributed by atoms with Crippen molar-refractivity contribution in [3.63, 3.8) is 0 Å². The number of anilines is 1. The largest absolute Gasteiger partial charge is 0.462 e. The van der Waals surface area contributed by atoms with Crippen LogP contribution in [0.3, 0.4) is 0 Å². The first-order valence-electron chi connectivity index (χ1n) is 8.77. The third-order valence-corrected chi connectivity index (χ3v) is 4.33. The average Bonchev–Trinajstić information content (AvgIpc) is 2.74. The van der Waals surface area contributed by atoms with E-state index in [9.17, 15) is 19.7 Å². The Labute approximate surface area is 160 Å². The van der Waals surface area contributed by atoms with Crippen LogP contribution in [0.4, 0.5) is 11.5 Å². The Balaban J connectivity index is 1.58. The number of aromatic nitrogens is 2. The minimum absolute atomic E-state index is 0.154. The topological polar surface area (TPSA) is 119 Å². The highest BCUT2D eigenvalue weighted by molar-refractivity contribution is 5.92. The summed E-state index contributed by atoms with van der Waals surface area (Å²) in [6.07, 6.45) is 2.56. The van der Waals surface area contributed by atoms with Gasteiger partial charge >= 0.3 is 5.97 Å². The second-order valence-electron chi connectivity index (χ2n) is 6.06. The lowest BCUT2D eigenvalue weighted by Gasteiger charge is -2.35. The molecule has 146 valence electrons. The number of nitrogens with zero attached hydrogens (tertiary/aromatic N) is 5. The van der Waals surface area contributed by atoms with Gasteiger partial charge in [-0.3, -0.25) is 14.9 Å². The molecule has 10 nitrogen and oxygen atoms in total. The van der Waals surface area contributed by atoms with Crippen molar-refractivity contribution in [2.45, 2.75) is 6.92 Å². The van der Waals surface area contributed by atoms with Crippen LogP contribution in [0.2, 0.25) is 0 Å². The van der Waals surface area contributed by atoms with E-state index in [-0.39, 0.29) is 17.3 Å². The summed E-state index contributed by atoms with van der Waals surface area (Å²) in [6, 6.07) is 6.05. The summed E-state index contributed by atoms with van der Waals surface area (Å²) in [6.45, 7) is 4.14. The Morgan fingerprint density at radius 2 is 1.86 bits per heavy atom. The number of esters is 1. The molecule has 1 fully saturated rings. The van der Waals surface area contributed by atoms with Gasteiger partial charge in [0.05, 0.1) is 17.1 Å². The van der Waals surface area contributed by atoms with E-state index in [0.717, 1.165) is 6.20 Å². The molecule has 0 saturated carbocycles. The third-order valence-electron chi connectivity index (χ3n) is 4.33. The number of carbonyl (C=O) groups is 2. The maximum absolute atomic E-state index is 12.5. The second kappa shape index (κ2) is 8.42. The maximum atomic E-state index is 12.5. The smallest absolute Gasteiger partial charge is 0.339 e. The van der Waals surface area contributed by atoms with Gasteiger partial charge in [-0.2, -0.15) is 0 Å². The van der Waals surface area contributed by atoms with Gasteiger partial charge in [-0.05, 0) is 25.1 Å². The lowest BCUT2D eigenvalue weighted by Crippen LogP contribution is -2.49. The van der Waals surface area contributed by atoms with Crippen LogP contribution in [-0.4, -0.2) is 64.5 Å². The lowest BCUT2D eigenvalue weighted by atomic mass is 10.2. The Morgan fingerprint density at radius 1 is 1.11 bits per heavy atom. The molecule has 1 amide bonds. The molecule has 2 aromatic heterocycles. The van der Waals surface area contributed by atoms with Crippen LogP contribution in [0, 0.1) is 10.1 Å². The Kier molecular flexibility index (Phi) is 5.78. The van der Waals surface area contributed by atoms with E-state index in [1.165, 1.54) is 18.3 Å². The molecule has 0 aliphatic carbocycles. The van der Waals surface area contributed by atoms with Crippen molar-refractivity contribution >= 4 is 23.4 Å². The number of piperazine rings is 1. The molecule has 0 unspecified atom stereocenters. The fourth-order valence-electron chi connectivity index (χ4n) is 2.83. The predicted octanol–water partition coefficient (Wildman–Crippen LogP) is 1.52. The predicted molar refractivity (Wildman–Crippen MR) is 99.2 cm³/mol. The molecule has 0 radical (unpaired) electrons. The summed E-state index contributed by atoms with van der Waals surface area (Å²) in [5.74, 6) is 0.0429. The number of carbonyl (C=O) groups excluding carboxylic acids is 2. The van der Waals surface area contributed by atoms with Crippen molar-refractivity contribution < 1.29 is 19.2 Å². The summed E-state index contributed by atoms with van der Waals surface area (Å²) in [5.41, 5.74) is 0.415. The molecule has 10 heteroatoms. The summed E-state index contributed by atoms with van der Waals surface area (Å²) < 4.78 is 4.94. The molecule has 2 aromatic rings. The normalized spacial score (nSPS) is 13.9. The summed E-state index contributed by atoms with van der Waals surface area (Å²) in [5, 5.41) is 10.7.